The van der Waals surface area contributed by atoms with Gasteiger partial charge >= 0.3 is 5.97 Å². The van der Waals surface area contributed by atoms with Crippen molar-refractivity contribution in [3.05, 3.63) is 41.2 Å². The zero-order valence-corrected chi connectivity index (χ0v) is 12.1. The molecule has 0 amide bonds. The quantitative estimate of drug-likeness (QED) is 0.818. The Morgan fingerprint density at radius 2 is 2.38 bits per heavy atom. The largest absolute Gasteiger partial charge is 0.478 e. The maximum atomic E-state index is 13.3. The molecule has 0 aromatic heterocycles. The van der Waals surface area contributed by atoms with Crippen LogP contribution < -0.4 is 0 Å². The molecule has 4 nitrogen and oxygen atoms in total. The van der Waals surface area contributed by atoms with Crippen LogP contribution in [0.25, 0.3) is 6.08 Å². The molecule has 1 heterocycles. The monoisotopic (exact) mass is 293 g/mol. The van der Waals surface area contributed by atoms with Gasteiger partial charge in [-0.15, -0.1) is 0 Å². The fourth-order valence-electron chi connectivity index (χ4n) is 2.70. The molecule has 1 unspecified atom stereocenters. The van der Waals surface area contributed by atoms with Gasteiger partial charge in [0.05, 0.1) is 6.61 Å². The van der Waals surface area contributed by atoms with E-state index in [9.17, 15) is 9.18 Å². The molecule has 21 heavy (non-hydrogen) atoms. The minimum atomic E-state index is -1.04. The number of carboxylic acid groups (broad SMARTS) is 1. The number of carboxylic acids is 1. The number of rotatable bonds is 6. The second-order valence-electron chi connectivity index (χ2n) is 5.36. The first-order chi connectivity index (χ1) is 10.1. The highest BCUT2D eigenvalue weighted by atomic mass is 19.1. The molecule has 1 N–H and O–H groups in total. The van der Waals surface area contributed by atoms with Gasteiger partial charge in [0.1, 0.15) is 5.82 Å². The van der Waals surface area contributed by atoms with Crippen LogP contribution in [0.3, 0.4) is 0 Å². The SMILES string of the molecule is COCC1CCN(Cc2ccc(F)cc2C=CC(=O)O)C1. The van der Waals surface area contributed by atoms with E-state index < -0.39 is 5.97 Å². The summed E-state index contributed by atoms with van der Waals surface area (Å²) in [5.41, 5.74) is 1.56. The second kappa shape index (κ2) is 7.33. The number of ether oxygens (including phenoxy) is 1. The number of aliphatic carboxylic acids is 1. The predicted molar refractivity (Wildman–Crippen MR) is 78.3 cm³/mol. The van der Waals surface area contributed by atoms with E-state index in [2.05, 4.69) is 4.90 Å². The molecule has 114 valence electrons. The van der Waals surface area contributed by atoms with Crippen LogP contribution in [0.4, 0.5) is 4.39 Å². The van der Waals surface area contributed by atoms with Gasteiger partial charge in [-0.3, -0.25) is 4.90 Å². The number of likely N-dealkylation sites (tertiary alicyclic amines) is 1. The van der Waals surface area contributed by atoms with E-state index in [0.29, 0.717) is 18.0 Å². The molecule has 0 saturated carbocycles. The molecular weight excluding hydrogens is 273 g/mol. The summed E-state index contributed by atoms with van der Waals surface area (Å²) in [5, 5.41) is 8.71. The van der Waals surface area contributed by atoms with E-state index in [1.165, 1.54) is 18.2 Å². The molecule has 2 rings (SSSR count). The van der Waals surface area contributed by atoms with Crippen LogP contribution in [0.15, 0.2) is 24.3 Å². The Morgan fingerprint density at radius 1 is 1.57 bits per heavy atom. The third-order valence-electron chi connectivity index (χ3n) is 3.68. The van der Waals surface area contributed by atoms with Crippen molar-refractivity contribution in [2.45, 2.75) is 13.0 Å². The van der Waals surface area contributed by atoms with Gasteiger partial charge in [-0.2, -0.15) is 0 Å². The Labute approximate surface area is 123 Å². The van der Waals surface area contributed by atoms with Crippen molar-refractivity contribution in [3.8, 4) is 0 Å². The third kappa shape index (κ3) is 4.65. The van der Waals surface area contributed by atoms with Crippen molar-refractivity contribution in [2.24, 2.45) is 5.92 Å². The molecule has 1 saturated heterocycles. The van der Waals surface area contributed by atoms with E-state index in [-0.39, 0.29) is 5.82 Å². The Bertz CT molecular complexity index is 530. The highest BCUT2D eigenvalue weighted by molar-refractivity contribution is 5.85. The molecule has 1 fully saturated rings. The average Bonchev–Trinajstić information content (AvgIpc) is 2.87. The first-order valence-electron chi connectivity index (χ1n) is 6.99. The van der Waals surface area contributed by atoms with Gasteiger partial charge in [0, 0.05) is 26.3 Å². The summed E-state index contributed by atoms with van der Waals surface area (Å²) in [4.78, 5) is 12.9. The zero-order chi connectivity index (χ0) is 15.2. The van der Waals surface area contributed by atoms with Crippen molar-refractivity contribution in [3.63, 3.8) is 0 Å². The molecule has 0 aliphatic carbocycles. The van der Waals surface area contributed by atoms with Gasteiger partial charge in [-0.1, -0.05) is 6.07 Å². The Balaban J connectivity index is 2.07. The molecular formula is C16H20FNO3. The Hall–Kier alpha value is -1.72. The molecule has 0 spiro atoms. The topological polar surface area (TPSA) is 49.8 Å². The van der Waals surface area contributed by atoms with Crippen LogP contribution in [0, 0.1) is 11.7 Å². The second-order valence-corrected chi connectivity index (χ2v) is 5.36. The van der Waals surface area contributed by atoms with E-state index in [1.807, 2.05) is 0 Å². The number of halogens is 1. The van der Waals surface area contributed by atoms with E-state index in [0.717, 1.165) is 37.8 Å². The van der Waals surface area contributed by atoms with Gasteiger partial charge in [-0.05, 0) is 48.2 Å². The number of hydrogen-bond donors (Lipinski definition) is 1. The molecule has 5 heteroatoms. The van der Waals surface area contributed by atoms with Gasteiger partial charge in [0.15, 0.2) is 0 Å². The fourth-order valence-corrected chi connectivity index (χ4v) is 2.70. The summed E-state index contributed by atoms with van der Waals surface area (Å²) < 4.78 is 18.5. The highest BCUT2D eigenvalue weighted by Crippen LogP contribution is 2.21. The summed E-state index contributed by atoms with van der Waals surface area (Å²) >= 11 is 0. The Kier molecular flexibility index (Phi) is 5.47. The van der Waals surface area contributed by atoms with Crippen LogP contribution in [0.5, 0.6) is 0 Å². The fraction of sp³-hybridized carbons (Fsp3) is 0.438. The number of carbonyl (C=O) groups is 1. The highest BCUT2D eigenvalue weighted by Gasteiger charge is 2.22. The van der Waals surface area contributed by atoms with E-state index in [1.54, 1.807) is 13.2 Å². The first kappa shape index (κ1) is 15.7. The smallest absolute Gasteiger partial charge is 0.328 e. The lowest BCUT2D eigenvalue weighted by Gasteiger charge is -2.17. The molecule has 1 aromatic carbocycles. The van der Waals surface area contributed by atoms with Crippen molar-refractivity contribution in [2.75, 3.05) is 26.8 Å². The van der Waals surface area contributed by atoms with Gasteiger partial charge in [-0.25, -0.2) is 9.18 Å². The molecule has 1 aliphatic rings. The van der Waals surface area contributed by atoms with Gasteiger partial charge in [0.25, 0.3) is 0 Å². The summed E-state index contributed by atoms with van der Waals surface area (Å²) in [5.74, 6) is -0.859. The lowest BCUT2D eigenvalue weighted by molar-refractivity contribution is -0.131. The minimum absolute atomic E-state index is 0.359. The lowest BCUT2D eigenvalue weighted by atomic mass is 10.1. The van der Waals surface area contributed by atoms with E-state index in [4.69, 9.17) is 9.84 Å². The summed E-state index contributed by atoms with van der Waals surface area (Å²) in [6.45, 7) is 3.38. The van der Waals surface area contributed by atoms with Crippen molar-refractivity contribution >= 4 is 12.0 Å². The zero-order valence-electron chi connectivity index (χ0n) is 12.1. The molecule has 1 atom stereocenters. The van der Waals surface area contributed by atoms with E-state index >= 15 is 0 Å². The lowest BCUT2D eigenvalue weighted by Crippen LogP contribution is -2.21. The first-order valence-corrected chi connectivity index (χ1v) is 6.99. The minimum Gasteiger partial charge on any atom is -0.478 e. The van der Waals surface area contributed by atoms with Crippen molar-refractivity contribution in [1.82, 2.24) is 4.90 Å². The summed E-state index contributed by atoms with van der Waals surface area (Å²) in [7, 11) is 1.71. The van der Waals surface area contributed by atoms with Crippen LogP contribution >= 0.6 is 0 Å². The molecule has 0 radical (unpaired) electrons. The number of hydrogen-bond acceptors (Lipinski definition) is 3. The van der Waals surface area contributed by atoms with Crippen LogP contribution in [-0.2, 0) is 16.1 Å². The van der Waals surface area contributed by atoms with Crippen LogP contribution in [0.2, 0.25) is 0 Å². The maximum absolute atomic E-state index is 13.3. The van der Waals surface area contributed by atoms with Crippen molar-refractivity contribution in [1.29, 1.82) is 0 Å². The Morgan fingerprint density at radius 3 is 3.10 bits per heavy atom. The van der Waals surface area contributed by atoms with Gasteiger partial charge < -0.3 is 9.84 Å². The molecule has 0 bridgehead atoms. The standard InChI is InChI=1S/C16H20FNO3/c1-21-11-12-6-7-18(9-12)10-14-2-4-15(17)8-13(14)3-5-16(19)20/h2-5,8,12H,6-7,9-11H2,1H3,(H,19,20). The van der Waals surface area contributed by atoms with Crippen LogP contribution in [0.1, 0.15) is 17.5 Å². The number of benzene rings is 1. The summed E-state index contributed by atoms with van der Waals surface area (Å²) in [6.07, 6.45) is 3.58. The van der Waals surface area contributed by atoms with Crippen molar-refractivity contribution < 1.29 is 19.0 Å². The molecule has 1 aromatic rings. The normalized spacial score (nSPS) is 19.4. The maximum Gasteiger partial charge on any atom is 0.328 e. The van der Waals surface area contributed by atoms with Crippen LogP contribution in [-0.4, -0.2) is 42.8 Å². The number of methoxy groups -OCH3 is 1. The summed E-state index contributed by atoms with van der Waals surface area (Å²) in [6, 6.07) is 4.51. The average molecular weight is 293 g/mol. The third-order valence-corrected chi connectivity index (χ3v) is 3.68. The predicted octanol–water partition coefficient (Wildman–Crippen LogP) is 2.39. The number of nitrogens with zero attached hydrogens (tertiary/aromatic N) is 1. The van der Waals surface area contributed by atoms with Gasteiger partial charge in [0.2, 0.25) is 0 Å². The molecule has 1 aliphatic heterocycles.